The predicted molar refractivity (Wildman–Crippen MR) is 47.6 cm³/mol. The first-order chi connectivity index (χ1) is 5.86. The lowest BCUT2D eigenvalue weighted by Crippen LogP contribution is -1.87. The molecule has 0 unspecified atom stereocenters. The second-order valence-corrected chi connectivity index (χ2v) is 3.05. The van der Waals surface area contributed by atoms with Crippen molar-refractivity contribution in [1.82, 2.24) is 15.2 Å². The molecule has 0 amide bonds. The summed E-state index contributed by atoms with van der Waals surface area (Å²) in [4.78, 5) is 4.11. The first kappa shape index (κ1) is 7.17. The topological polar surface area (TPSA) is 64.7 Å². The van der Waals surface area contributed by atoms with Crippen molar-refractivity contribution in [3.8, 4) is 10.7 Å². The smallest absolute Gasteiger partial charge is 0.166 e. The summed E-state index contributed by atoms with van der Waals surface area (Å²) in [5.74, 6) is 0. The third-order valence-corrected chi connectivity index (χ3v) is 2.08. The molecule has 2 aromatic heterocycles. The lowest BCUT2D eigenvalue weighted by molar-refractivity contribution is 1.09. The Bertz CT molecular complexity index is 371. The molecule has 5 heteroatoms. The van der Waals surface area contributed by atoms with Gasteiger partial charge in [0.15, 0.2) is 5.01 Å². The van der Waals surface area contributed by atoms with Crippen LogP contribution in [0.5, 0.6) is 0 Å². The molecule has 4 nitrogen and oxygen atoms in total. The van der Waals surface area contributed by atoms with Gasteiger partial charge in [0.2, 0.25) is 0 Å². The number of aromatic nitrogens is 3. The van der Waals surface area contributed by atoms with Crippen molar-refractivity contribution < 1.29 is 0 Å². The van der Waals surface area contributed by atoms with Crippen molar-refractivity contribution in [2.24, 2.45) is 0 Å². The summed E-state index contributed by atoms with van der Waals surface area (Å²) in [5.41, 5.74) is 8.71. The number of hydrogen-bond donors (Lipinski definition) is 1. The van der Waals surface area contributed by atoms with Gasteiger partial charge in [-0.1, -0.05) is 11.3 Å². The molecule has 0 radical (unpaired) electrons. The van der Waals surface area contributed by atoms with E-state index in [0.29, 0.717) is 5.69 Å². The number of nitrogens with zero attached hydrogens (tertiary/aromatic N) is 3. The molecule has 0 saturated heterocycles. The van der Waals surface area contributed by atoms with Crippen molar-refractivity contribution in [1.29, 1.82) is 0 Å². The minimum atomic E-state index is 0.690. The largest absolute Gasteiger partial charge is 0.399 e. The fourth-order valence-corrected chi connectivity index (χ4v) is 1.37. The highest BCUT2D eigenvalue weighted by molar-refractivity contribution is 7.12. The first-order valence-electron chi connectivity index (χ1n) is 3.34. The Labute approximate surface area is 73.1 Å². The maximum absolute atomic E-state index is 5.58. The summed E-state index contributed by atoms with van der Waals surface area (Å²) >= 11 is 1.44. The second kappa shape index (κ2) is 2.86. The fraction of sp³-hybridized carbons (Fsp3) is 0. The zero-order chi connectivity index (χ0) is 8.39. The third-order valence-electron chi connectivity index (χ3n) is 1.36. The van der Waals surface area contributed by atoms with Crippen LogP contribution < -0.4 is 5.73 Å². The number of pyridine rings is 1. The Balaban J connectivity index is 2.48. The molecular formula is C7H6N4S. The maximum atomic E-state index is 5.58. The Kier molecular flexibility index (Phi) is 1.71. The van der Waals surface area contributed by atoms with Crippen molar-refractivity contribution in [2.75, 3.05) is 5.73 Å². The number of nitrogen functional groups attached to an aromatic ring is 1. The highest BCUT2D eigenvalue weighted by Gasteiger charge is 2.01. The predicted octanol–water partition coefficient (Wildman–Crippen LogP) is 1.18. The van der Waals surface area contributed by atoms with Gasteiger partial charge in [0.25, 0.3) is 0 Å². The average molecular weight is 178 g/mol. The molecule has 0 fully saturated rings. The van der Waals surface area contributed by atoms with Crippen LogP contribution in [-0.4, -0.2) is 15.2 Å². The van der Waals surface area contributed by atoms with Gasteiger partial charge in [-0.15, -0.1) is 10.2 Å². The Hall–Kier alpha value is -1.49. The lowest BCUT2D eigenvalue weighted by Gasteiger charge is -1.94. The summed E-state index contributed by atoms with van der Waals surface area (Å²) in [6.45, 7) is 0. The standard InChI is InChI=1S/C7H6N4S/c8-5-1-2-9-6(3-5)7-11-10-4-12-7/h1-4H,(H2,8,9). The van der Waals surface area contributed by atoms with E-state index in [0.717, 1.165) is 10.7 Å². The molecule has 0 atom stereocenters. The van der Waals surface area contributed by atoms with E-state index in [2.05, 4.69) is 15.2 Å². The highest BCUT2D eigenvalue weighted by atomic mass is 32.1. The second-order valence-electron chi connectivity index (χ2n) is 2.22. The summed E-state index contributed by atoms with van der Waals surface area (Å²) in [6.07, 6.45) is 1.66. The normalized spacial score (nSPS) is 10.0. The molecule has 2 N–H and O–H groups in total. The molecule has 2 heterocycles. The molecule has 2 rings (SSSR count). The third kappa shape index (κ3) is 1.26. The Morgan fingerprint density at radius 3 is 3.00 bits per heavy atom. The number of rotatable bonds is 1. The first-order valence-corrected chi connectivity index (χ1v) is 4.22. The van der Waals surface area contributed by atoms with Crippen LogP contribution in [-0.2, 0) is 0 Å². The van der Waals surface area contributed by atoms with Gasteiger partial charge in [-0.3, -0.25) is 4.98 Å². The van der Waals surface area contributed by atoms with Gasteiger partial charge >= 0.3 is 0 Å². The number of anilines is 1. The van der Waals surface area contributed by atoms with E-state index >= 15 is 0 Å². The van der Waals surface area contributed by atoms with E-state index in [1.807, 2.05) is 0 Å². The van der Waals surface area contributed by atoms with E-state index in [1.165, 1.54) is 11.3 Å². The van der Waals surface area contributed by atoms with Gasteiger partial charge in [-0.05, 0) is 12.1 Å². The molecule has 0 aliphatic carbocycles. The summed E-state index contributed by atoms with van der Waals surface area (Å²) in [5, 5.41) is 8.39. The van der Waals surface area contributed by atoms with Gasteiger partial charge in [-0.25, -0.2) is 0 Å². The van der Waals surface area contributed by atoms with Crippen LogP contribution >= 0.6 is 11.3 Å². The summed E-state index contributed by atoms with van der Waals surface area (Å²) < 4.78 is 0. The molecule has 2 aromatic rings. The van der Waals surface area contributed by atoms with Gasteiger partial charge < -0.3 is 5.73 Å². The van der Waals surface area contributed by atoms with Crippen LogP contribution in [0.25, 0.3) is 10.7 Å². The van der Waals surface area contributed by atoms with Gasteiger partial charge in [0.1, 0.15) is 11.2 Å². The minimum Gasteiger partial charge on any atom is -0.399 e. The molecule has 60 valence electrons. The fourth-order valence-electron chi connectivity index (χ4n) is 0.849. The van der Waals surface area contributed by atoms with Crippen LogP contribution in [0, 0.1) is 0 Å². The average Bonchev–Trinajstić information content (AvgIpc) is 2.56. The van der Waals surface area contributed by atoms with Crippen LogP contribution in [0.2, 0.25) is 0 Å². The highest BCUT2D eigenvalue weighted by Crippen LogP contribution is 2.19. The minimum absolute atomic E-state index is 0.690. The van der Waals surface area contributed by atoms with Crippen molar-refractivity contribution >= 4 is 17.0 Å². The van der Waals surface area contributed by atoms with Crippen LogP contribution in [0.15, 0.2) is 23.8 Å². The Morgan fingerprint density at radius 2 is 2.33 bits per heavy atom. The molecule has 0 aliphatic heterocycles. The van der Waals surface area contributed by atoms with Gasteiger partial charge in [0, 0.05) is 11.9 Å². The zero-order valence-corrected chi connectivity index (χ0v) is 6.95. The van der Waals surface area contributed by atoms with Gasteiger partial charge in [-0.2, -0.15) is 0 Å². The maximum Gasteiger partial charge on any atom is 0.166 e. The van der Waals surface area contributed by atoms with Crippen molar-refractivity contribution in [3.63, 3.8) is 0 Å². The summed E-state index contributed by atoms with van der Waals surface area (Å²) in [6, 6.07) is 3.52. The molecule has 0 bridgehead atoms. The monoisotopic (exact) mass is 178 g/mol. The van der Waals surface area contributed by atoms with Gasteiger partial charge in [0.05, 0.1) is 0 Å². The molecule has 0 saturated carbocycles. The van der Waals surface area contributed by atoms with E-state index in [9.17, 15) is 0 Å². The number of nitrogens with two attached hydrogens (primary N) is 1. The van der Waals surface area contributed by atoms with E-state index in [4.69, 9.17) is 5.73 Å². The van der Waals surface area contributed by atoms with Crippen LogP contribution in [0.1, 0.15) is 0 Å². The number of hydrogen-bond acceptors (Lipinski definition) is 5. The molecule has 0 aromatic carbocycles. The van der Waals surface area contributed by atoms with Crippen LogP contribution in [0.3, 0.4) is 0 Å². The quantitative estimate of drug-likeness (QED) is 0.712. The van der Waals surface area contributed by atoms with Crippen molar-refractivity contribution in [2.45, 2.75) is 0 Å². The zero-order valence-electron chi connectivity index (χ0n) is 6.14. The van der Waals surface area contributed by atoms with E-state index < -0.39 is 0 Å². The molecule has 12 heavy (non-hydrogen) atoms. The van der Waals surface area contributed by atoms with Crippen molar-refractivity contribution in [3.05, 3.63) is 23.8 Å². The van der Waals surface area contributed by atoms with Crippen LogP contribution in [0.4, 0.5) is 5.69 Å². The van der Waals surface area contributed by atoms with E-state index in [-0.39, 0.29) is 0 Å². The molecule has 0 aliphatic rings. The van der Waals surface area contributed by atoms with E-state index in [1.54, 1.807) is 23.8 Å². The lowest BCUT2D eigenvalue weighted by atomic mass is 10.3. The molecular weight excluding hydrogens is 172 g/mol. The summed E-state index contributed by atoms with van der Waals surface area (Å²) in [7, 11) is 0. The Morgan fingerprint density at radius 1 is 1.42 bits per heavy atom. The SMILES string of the molecule is Nc1ccnc(-c2nncs2)c1. The molecule has 0 spiro atoms.